The van der Waals surface area contributed by atoms with Crippen LogP contribution >= 0.6 is 11.8 Å². The van der Waals surface area contributed by atoms with Crippen LogP contribution in [0.15, 0.2) is 33.9 Å². The van der Waals surface area contributed by atoms with Gasteiger partial charge in [0.2, 0.25) is 11.8 Å². The van der Waals surface area contributed by atoms with Crippen LogP contribution in [0.25, 0.3) is 11.5 Å². The fraction of sp³-hybridized carbons (Fsp3) is 0.474. The predicted molar refractivity (Wildman–Crippen MR) is 101 cm³/mol. The Morgan fingerprint density at radius 1 is 1.30 bits per heavy atom. The van der Waals surface area contributed by atoms with Crippen LogP contribution in [0.5, 0.6) is 0 Å². The molecular weight excluding hydrogens is 366 g/mol. The minimum Gasteiger partial charge on any atom is -0.466 e. The van der Waals surface area contributed by atoms with Crippen LogP contribution in [0.3, 0.4) is 0 Å². The molecule has 1 saturated heterocycles. The van der Waals surface area contributed by atoms with Gasteiger partial charge >= 0.3 is 5.97 Å². The summed E-state index contributed by atoms with van der Waals surface area (Å²) in [6.45, 7) is 5.23. The van der Waals surface area contributed by atoms with E-state index in [1.54, 1.807) is 11.8 Å². The van der Waals surface area contributed by atoms with E-state index in [1.807, 2.05) is 31.2 Å². The summed E-state index contributed by atoms with van der Waals surface area (Å²) in [7, 11) is 0. The zero-order valence-corrected chi connectivity index (χ0v) is 16.3. The minimum atomic E-state index is -0.232. The number of benzene rings is 1. The van der Waals surface area contributed by atoms with Crippen LogP contribution < -0.4 is 0 Å². The molecule has 0 saturated carbocycles. The van der Waals surface area contributed by atoms with Gasteiger partial charge in [-0.2, -0.15) is 0 Å². The van der Waals surface area contributed by atoms with Crippen LogP contribution in [0.2, 0.25) is 0 Å². The molecule has 1 amide bonds. The molecule has 0 bridgehead atoms. The summed E-state index contributed by atoms with van der Waals surface area (Å²) < 4.78 is 10.7. The van der Waals surface area contributed by atoms with Gasteiger partial charge in [-0.1, -0.05) is 29.5 Å². The van der Waals surface area contributed by atoms with E-state index in [4.69, 9.17) is 9.15 Å². The number of hydrogen-bond donors (Lipinski definition) is 0. The van der Waals surface area contributed by atoms with Crippen molar-refractivity contribution in [2.45, 2.75) is 31.9 Å². The van der Waals surface area contributed by atoms with E-state index in [9.17, 15) is 9.59 Å². The second-order valence-corrected chi connectivity index (χ2v) is 7.39. The smallest absolute Gasteiger partial charge is 0.310 e. The van der Waals surface area contributed by atoms with Crippen molar-refractivity contribution in [2.24, 2.45) is 5.92 Å². The van der Waals surface area contributed by atoms with E-state index in [0.717, 1.165) is 24.0 Å². The third-order valence-corrected chi connectivity index (χ3v) is 5.22. The van der Waals surface area contributed by atoms with Crippen molar-refractivity contribution >= 4 is 23.6 Å². The number of carbonyl (C=O) groups is 2. The van der Waals surface area contributed by atoms with Gasteiger partial charge in [0.1, 0.15) is 0 Å². The van der Waals surface area contributed by atoms with Gasteiger partial charge < -0.3 is 14.1 Å². The third-order valence-electron chi connectivity index (χ3n) is 4.42. The number of likely N-dealkylation sites (tertiary alicyclic amines) is 1. The van der Waals surface area contributed by atoms with Crippen LogP contribution in [-0.4, -0.2) is 52.4 Å². The standard InChI is InChI=1S/C19H23N3O4S/c1-3-25-18(24)15-5-4-10-22(11-15)16(23)12-27-19-21-20-17(26-19)14-8-6-13(2)7-9-14/h6-9,15H,3-5,10-12H2,1-2H3/t15-/m0/s1. The second-order valence-electron chi connectivity index (χ2n) is 6.46. The van der Waals surface area contributed by atoms with Crippen LogP contribution in [0.4, 0.5) is 0 Å². The van der Waals surface area contributed by atoms with Gasteiger partial charge in [0.15, 0.2) is 0 Å². The van der Waals surface area contributed by atoms with Gasteiger partial charge in [0.25, 0.3) is 5.22 Å². The molecule has 7 nitrogen and oxygen atoms in total. The maximum Gasteiger partial charge on any atom is 0.310 e. The fourth-order valence-electron chi connectivity index (χ4n) is 2.95. The van der Waals surface area contributed by atoms with Gasteiger partial charge in [0, 0.05) is 18.7 Å². The largest absolute Gasteiger partial charge is 0.466 e. The zero-order chi connectivity index (χ0) is 19.2. The third kappa shape index (κ3) is 5.09. The van der Waals surface area contributed by atoms with E-state index in [0.29, 0.717) is 30.8 Å². The maximum atomic E-state index is 12.5. The molecule has 1 aromatic carbocycles. The molecular formula is C19H23N3O4S. The topological polar surface area (TPSA) is 85.5 Å². The van der Waals surface area contributed by atoms with Crippen molar-refractivity contribution in [3.63, 3.8) is 0 Å². The number of thioether (sulfide) groups is 1. The molecule has 1 aliphatic heterocycles. The number of aryl methyl sites for hydroxylation is 1. The van der Waals surface area contributed by atoms with Crippen molar-refractivity contribution in [1.82, 2.24) is 15.1 Å². The number of carbonyl (C=O) groups excluding carboxylic acids is 2. The minimum absolute atomic E-state index is 0.0379. The summed E-state index contributed by atoms with van der Waals surface area (Å²) in [6.07, 6.45) is 1.57. The molecule has 0 spiro atoms. The van der Waals surface area contributed by atoms with E-state index < -0.39 is 0 Å². The number of hydrogen-bond acceptors (Lipinski definition) is 7. The maximum absolute atomic E-state index is 12.5. The molecule has 0 unspecified atom stereocenters. The Hall–Kier alpha value is -2.35. The molecule has 2 heterocycles. The van der Waals surface area contributed by atoms with Crippen LogP contribution in [0.1, 0.15) is 25.3 Å². The highest BCUT2D eigenvalue weighted by Crippen LogP contribution is 2.24. The van der Waals surface area contributed by atoms with E-state index in [1.165, 1.54) is 11.8 Å². The molecule has 0 radical (unpaired) electrons. The molecule has 8 heteroatoms. The molecule has 1 fully saturated rings. The monoisotopic (exact) mass is 389 g/mol. The van der Waals surface area contributed by atoms with Crippen LogP contribution in [0, 0.1) is 12.8 Å². The second kappa shape index (κ2) is 9.03. The summed E-state index contributed by atoms with van der Waals surface area (Å²) >= 11 is 1.21. The number of aromatic nitrogens is 2. The Labute approximate surface area is 162 Å². The highest BCUT2D eigenvalue weighted by Gasteiger charge is 2.29. The highest BCUT2D eigenvalue weighted by atomic mass is 32.2. The molecule has 0 aliphatic carbocycles. The highest BCUT2D eigenvalue weighted by molar-refractivity contribution is 7.99. The molecule has 27 heavy (non-hydrogen) atoms. The molecule has 144 valence electrons. The normalized spacial score (nSPS) is 17.0. The van der Waals surface area contributed by atoms with E-state index in [-0.39, 0.29) is 23.5 Å². The summed E-state index contributed by atoms with van der Waals surface area (Å²) in [4.78, 5) is 26.1. The SMILES string of the molecule is CCOC(=O)[C@H]1CCCN(C(=O)CSc2nnc(-c3ccc(C)cc3)o2)C1. The lowest BCUT2D eigenvalue weighted by molar-refractivity contribution is -0.151. The summed E-state index contributed by atoms with van der Waals surface area (Å²) in [5.74, 6) is 0.145. The first-order valence-electron chi connectivity index (χ1n) is 9.04. The lowest BCUT2D eigenvalue weighted by atomic mass is 9.98. The van der Waals surface area contributed by atoms with Gasteiger partial charge in [-0.05, 0) is 38.8 Å². The first-order chi connectivity index (χ1) is 13.1. The molecule has 2 aromatic rings. The molecule has 3 rings (SSSR count). The number of rotatable bonds is 6. The Morgan fingerprint density at radius 2 is 2.07 bits per heavy atom. The van der Waals surface area contributed by atoms with E-state index >= 15 is 0 Å². The molecule has 1 aromatic heterocycles. The first-order valence-corrected chi connectivity index (χ1v) is 10.0. The lowest BCUT2D eigenvalue weighted by Gasteiger charge is -2.31. The van der Waals surface area contributed by atoms with Crippen molar-refractivity contribution in [2.75, 3.05) is 25.4 Å². The van der Waals surface area contributed by atoms with Gasteiger partial charge in [-0.15, -0.1) is 10.2 Å². The Morgan fingerprint density at radius 3 is 2.81 bits per heavy atom. The Balaban J connectivity index is 1.53. The van der Waals surface area contributed by atoms with Crippen molar-refractivity contribution in [3.05, 3.63) is 29.8 Å². The number of esters is 1. The van der Waals surface area contributed by atoms with Crippen molar-refractivity contribution in [3.8, 4) is 11.5 Å². The fourth-order valence-corrected chi connectivity index (χ4v) is 3.62. The van der Waals surface area contributed by atoms with Crippen LogP contribution in [-0.2, 0) is 14.3 Å². The Bertz CT molecular complexity index is 791. The number of nitrogens with zero attached hydrogens (tertiary/aromatic N) is 3. The molecule has 1 atom stereocenters. The van der Waals surface area contributed by atoms with Gasteiger partial charge in [-0.25, -0.2) is 0 Å². The lowest BCUT2D eigenvalue weighted by Crippen LogP contribution is -2.43. The first kappa shape index (κ1) is 19.4. The Kier molecular flexibility index (Phi) is 6.49. The average molecular weight is 389 g/mol. The zero-order valence-electron chi connectivity index (χ0n) is 15.5. The summed E-state index contributed by atoms with van der Waals surface area (Å²) in [5, 5.41) is 8.40. The summed E-state index contributed by atoms with van der Waals surface area (Å²) in [5.41, 5.74) is 2.00. The summed E-state index contributed by atoms with van der Waals surface area (Å²) in [6, 6.07) is 7.80. The molecule has 1 aliphatic rings. The predicted octanol–water partition coefficient (Wildman–Crippen LogP) is 2.94. The van der Waals surface area contributed by atoms with Crippen molar-refractivity contribution in [1.29, 1.82) is 0 Å². The van der Waals surface area contributed by atoms with Crippen molar-refractivity contribution < 1.29 is 18.7 Å². The van der Waals surface area contributed by atoms with Gasteiger partial charge in [0.05, 0.1) is 18.3 Å². The quantitative estimate of drug-likeness (QED) is 0.554. The number of amides is 1. The number of ether oxygens (including phenoxy) is 1. The number of piperidine rings is 1. The van der Waals surface area contributed by atoms with E-state index in [2.05, 4.69) is 10.2 Å². The molecule has 0 N–H and O–H groups in total. The average Bonchev–Trinajstić information content (AvgIpc) is 3.16. The van der Waals surface area contributed by atoms with Gasteiger partial charge in [-0.3, -0.25) is 9.59 Å².